The van der Waals surface area contributed by atoms with Gasteiger partial charge in [-0.1, -0.05) is 38.5 Å². The first-order valence-electron chi connectivity index (χ1n) is 7.27. The smallest absolute Gasteiger partial charge is 0.188 e. The number of carbonyl (C=O) groups excluding carboxylic acids is 1. The van der Waals surface area contributed by atoms with E-state index < -0.39 is 0 Å². The van der Waals surface area contributed by atoms with Crippen molar-refractivity contribution in [3.05, 3.63) is 15.6 Å². The van der Waals surface area contributed by atoms with Crippen LogP contribution in [-0.4, -0.2) is 10.8 Å². The third-order valence-corrected chi connectivity index (χ3v) is 4.91. The lowest BCUT2D eigenvalue weighted by molar-refractivity contribution is 0.101. The maximum absolute atomic E-state index is 11.4. The van der Waals surface area contributed by atoms with Crippen molar-refractivity contribution < 1.29 is 4.79 Å². The van der Waals surface area contributed by atoms with Gasteiger partial charge in [-0.15, -0.1) is 11.3 Å². The Morgan fingerprint density at radius 1 is 0.944 bits per heavy atom. The standard InChI is InChI=1S/C15H23NOS/c1-12(17)15-16-13-10-8-6-4-2-3-5-7-9-11-14(13)18-15/h2-11H2,1H3. The van der Waals surface area contributed by atoms with Crippen molar-refractivity contribution in [1.82, 2.24) is 4.98 Å². The lowest BCUT2D eigenvalue weighted by Gasteiger charge is -2.06. The van der Waals surface area contributed by atoms with Gasteiger partial charge in [0.05, 0.1) is 5.69 Å². The summed E-state index contributed by atoms with van der Waals surface area (Å²) in [6, 6.07) is 0. The van der Waals surface area contributed by atoms with Crippen LogP contribution in [0, 0.1) is 0 Å². The molecule has 1 aromatic heterocycles. The zero-order chi connectivity index (χ0) is 12.8. The van der Waals surface area contributed by atoms with Crippen LogP contribution in [0.3, 0.4) is 0 Å². The molecule has 1 aromatic rings. The Hall–Kier alpha value is -0.700. The first-order valence-corrected chi connectivity index (χ1v) is 8.08. The fourth-order valence-electron chi connectivity index (χ4n) is 2.56. The Bertz CT molecular complexity index is 368. The van der Waals surface area contributed by atoms with Gasteiger partial charge in [0.2, 0.25) is 0 Å². The SMILES string of the molecule is CC(=O)c1nc2c(s1)CCCCCCCCCC2. The van der Waals surface area contributed by atoms with Crippen LogP contribution in [0.2, 0.25) is 0 Å². The Balaban J connectivity index is 2.07. The maximum Gasteiger partial charge on any atom is 0.188 e. The summed E-state index contributed by atoms with van der Waals surface area (Å²) in [5.74, 6) is 0.122. The molecule has 2 nitrogen and oxygen atoms in total. The molecule has 0 aromatic carbocycles. The Labute approximate surface area is 114 Å². The number of hydrogen-bond acceptors (Lipinski definition) is 3. The predicted octanol–water partition coefficient (Wildman–Crippen LogP) is 4.57. The van der Waals surface area contributed by atoms with Crippen LogP contribution in [0.1, 0.15) is 78.7 Å². The van der Waals surface area contributed by atoms with Gasteiger partial charge >= 0.3 is 0 Å². The van der Waals surface area contributed by atoms with Gasteiger partial charge in [-0.25, -0.2) is 4.98 Å². The molecule has 1 aliphatic rings. The Morgan fingerprint density at radius 2 is 1.50 bits per heavy atom. The largest absolute Gasteiger partial charge is 0.292 e. The quantitative estimate of drug-likeness (QED) is 0.696. The number of hydrogen-bond donors (Lipinski definition) is 0. The van der Waals surface area contributed by atoms with Crippen molar-refractivity contribution >= 4 is 17.1 Å². The molecule has 100 valence electrons. The van der Waals surface area contributed by atoms with Crippen molar-refractivity contribution in [2.45, 2.75) is 71.1 Å². The van der Waals surface area contributed by atoms with Crippen molar-refractivity contribution in [1.29, 1.82) is 0 Å². The Morgan fingerprint density at radius 3 is 2.11 bits per heavy atom. The van der Waals surface area contributed by atoms with Crippen LogP contribution in [0.5, 0.6) is 0 Å². The summed E-state index contributed by atoms with van der Waals surface area (Å²) in [6.45, 7) is 1.63. The molecular formula is C15H23NOS. The predicted molar refractivity (Wildman–Crippen MR) is 76.5 cm³/mol. The molecule has 0 bridgehead atoms. The highest BCUT2D eigenvalue weighted by atomic mass is 32.1. The summed E-state index contributed by atoms with van der Waals surface area (Å²) in [5.41, 5.74) is 1.21. The van der Waals surface area contributed by atoms with E-state index in [2.05, 4.69) is 4.98 Å². The summed E-state index contributed by atoms with van der Waals surface area (Å²) >= 11 is 1.63. The highest BCUT2D eigenvalue weighted by Gasteiger charge is 2.13. The minimum atomic E-state index is 0.122. The molecule has 0 saturated carbocycles. The van der Waals surface area contributed by atoms with E-state index in [-0.39, 0.29) is 5.78 Å². The number of thiazole rings is 1. The molecule has 1 aliphatic carbocycles. The van der Waals surface area contributed by atoms with Crippen molar-refractivity contribution in [3.63, 3.8) is 0 Å². The molecular weight excluding hydrogens is 242 g/mol. The maximum atomic E-state index is 11.4. The number of Topliss-reactive ketones (excluding diaryl/α,β-unsaturated/α-hetero) is 1. The van der Waals surface area contributed by atoms with E-state index in [0.29, 0.717) is 0 Å². The number of ketones is 1. The van der Waals surface area contributed by atoms with Gasteiger partial charge in [-0.2, -0.15) is 0 Å². The van der Waals surface area contributed by atoms with Crippen molar-refractivity contribution in [2.75, 3.05) is 0 Å². The van der Waals surface area contributed by atoms with Crippen LogP contribution in [0.25, 0.3) is 0 Å². The van der Waals surface area contributed by atoms with E-state index >= 15 is 0 Å². The molecule has 3 heteroatoms. The van der Waals surface area contributed by atoms with Crippen LogP contribution >= 0.6 is 11.3 Å². The van der Waals surface area contributed by atoms with E-state index in [1.165, 1.54) is 61.9 Å². The second-order valence-corrected chi connectivity index (χ2v) is 6.36. The number of aromatic nitrogens is 1. The van der Waals surface area contributed by atoms with Gasteiger partial charge in [-0.3, -0.25) is 4.79 Å². The van der Waals surface area contributed by atoms with Crippen LogP contribution in [0.15, 0.2) is 0 Å². The van der Waals surface area contributed by atoms with E-state index in [1.54, 1.807) is 18.3 Å². The number of fused-ring (bicyclic) bond motifs is 1. The second kappa shape index (κ2) is 7.03. The molecule has 0 saturated heterocycles. The number of carbonyl (C=O) groups is 1. The zero-order valence-corrected chi connectivity index (χ0v) is 12.2. The van der Waals surface area contributed by atoms with Crippen molar-refractivity contribution in [2.24, 2.45) is 0 Å². The molecule has 0 spiro atoms. The Kier molecular flexibility index (Phi) is 5.36. The molecule has 2 rings (SSSR count). The summed E-state index contributed by atoms with van der Waals surface area (Å²) in [4.78, 5) is 17.4. The van der Waals surface area contributed by atoms with Gasteiger partial charge in [0.1, 0.15) is 0 Å². The summed E-state index contributed by atoms with van der Waals surface area (Å²) in [5, 5.41) is 0.717. The molecule has 18 heavy (non-hydrogen) atoms. The lowest BCUT2D eigenvalue weighted by atomic mass is 10.0. The van der Waals surface area contributed by atoms with E-state index in [0.717, 1.165) is 17.8 Å². The van der Waals surface area contributed by atoms with Crippen LogP contribution < -0.4 is 0 Å². The average Bonchev–Trinajstić information content (AvgIpc) is 2.72. The van der Waals surface area contributed by atoms with Gasteiger partial charge < -0.3 is 0 Å². The molecule has 1 heterocycles. The van der Waals surface area contributed by atoms with E-state index in [4.69, 9.17) is 0 Å². The summed E-state index contributed by atoms with van der Waals surface area (Å²) in [6.07, 6.45) is 12.8. The first-order chi connectivity index (χ1) is 8.77. The van der Waals surface area contributed by atoms with Crippen LogP contribution in [0.4, 0.5) is 0 Å². The molecule has 0 aliphatic heterocycles. The van der Waals surface area contributed by atoms with Crippen LogP contribution in [-0.2, 0) is 12.8 Å². The third-order valence-electron chi connectivity index (χ3n) is 3.65. The molecule has 0 atom stereocenters. The van der Waals surface area contributed by atoms with Gasteiger partial charge in [0.15, 0.2) is 10.8 Å². The average molecular weight is 265 g/mol. The van der Waals surface area contributed by atoms with Gasteiger partial charge in [0, 0.05) is 11.8 Å². The highest BCUT2D eigenvalue weighted by Crippen LogP contribution is 2.24. The van der Waals surface area contributed by atoms with Crippen molar-refractivity contribution in [3.8, 4) is 0 Å². The molecule has 0 unspecified atom stereocenters. The summed E-state index contributed by atoms with van der Waals surface area (Å²) in [7, 11) is 0. The van der Waals surface area contributed by atoms with E-state index in [1.807, 2.05) is 0 Å². The number of aryl methyl sites for hydroxylation is 2. The minimum Gasteiger partial charge on any atom is -0.292 e. The first kappa shape index (κ1) is 13.7. The zero-order valence-electron chi connectivity index (χ0n) is 11.3. The van der Waals surface area contributed by atoms with Gasteiger partial charge in [-0.05, 0) is 25.7 Å². The lowest BCUT2D eigenvalue weighted by Crippen LogP contribution is -1.96. The highest BCUT2D eigenvalue weighted by molar-refractivity contribution is 7.13. The topological polar surface area (TPSA) is 30.0 Å². The summed E-state index contributed by atoms with van der Waals surface area (Å²) < 4.78 is 0. The molecule has 0 N–H and O–H groups in total. The third kappa shape index (κ3) is 3.91. The normalized spacial score (nSPS) is 18.5. The number of nitrogens with zero attached hydrogens (tertiary/aromatic N) is 1. The fourth-order valence-corrected chi connectivity index (χ4v) is 3.61. The molecule has 0 radical (unpaired) electrons. The monoisotopic (exact) mass is 265 g/mol. The molecule has 0 fully saturated rings. The minimum absolute atomic E-state index is 0.122. The second-order valence-electron chi connectivity index (χ2n) is 5.27. The fraction of sp³-hybridized carbons (Fsp3) is 0.733. The molecule has 0 amide bonds. The van der Waals surface area contributed by atoms with E-state index in [9.17, 15) is 4.79 Å². The number of rotatable bonds is 1. The van der Waals surface area contributed by atoms with Gasteiger partial charge in [0.25, 0.3) is 0 Å².